The Morgan fingerprint density at radius 2 is 2.17 bits per heavy atom. The van der Waals surface area contributed by atoms with E-state index in [0.717, 1.165) is 5.56 Å². The molecular formula is C13H18ClNO3. The van der Waals surface area contributed by atoms with Gasteiger partial charge in [-0.05, 0) is 24.6 Å². The quantitative estimate of drug-likeness (QED) is 0.806. The van der Waals surface area contributed by atoms with E-state index in [1.54, 1.807) is 30.2 Å². The summed E-state index contributed by atoms with van der Waals surface area (Å²) < 4.78 is 4.95. The second kappa shape index (κ2) is 7.24. The first-order valence-corrected chi connectivity index (χ1v) is 6.27. The highest BCUT2D eigenvalue weighted by molar-refractivity contribution is 6.18. The van der Waals surface area contributed by atoms with E-state index in [0.29, 0.717) is 31.1 Å². The minimum absolute atomic E-state index is 0.00279. The average Bonchev–Trinajstić information content (AvgIpc) is 2.33. The summed E-state index contributed by atoms with van der Waals surface area (Å²) in [6.07, 6.45) is 0. The van der Waals surface area contributed by atoms with Gasteiger partial charge in [0.15, 0.2) is 0 Å². The smallest absolute Gasteiger partial charge is 0.257 e. The summed E-state index contributed by atoms with van der Waals surface area (Å²) in [5.74, 6) is 0.115. The fraction of sp³-hybridized carbons (Fsp3) is 0.462. The molecule has 0 saturated heterocycles. The van der Waals surface area contributed by atoms with Crippen molar-refractivity contribution in [2.24, 2.45) is 0 Å². The highest BCUT2D eigenvalue weighted by Crippen LogP contribution is 2.20. The largest absolute Gasteiger partial charge is 0.507 e. The van der Waals surface area contributed by atoms with Crippen molar-refractivity contribution in [3.05, 3.63) is 29.3 Å². The van der Waals surface area contributed by atoms with Crippen LogP contribution < -0.4 is 0 Å². The van der Waals surface area contributed by atoms with Crippen molar-refractivity contribution >= 4 is 17.5 Å². The lowest BCUT2D eigenvalue weighted by atomic mass is 10.1. The molecule has 0 bridgehead atoms. The summed E-state index contributed by atoms with van der Waals surface area (Å²) in [6.45, 7) is 3.18. The van der Waals surface area contributed by atoms with Crippen LogP contribution in [0.15, 0.2) is 18.2 Å². The maximum atomic E-state index is 12.2. The monoisotopic (exact) mass is 271 g/mol. The van der Waals surface area contributed by atoms with E-state index in [1.165, 1.54) is 0 Å². The van der Waals surface area contributed by atoms with E-state index in [1.807, 2.05) is 6.92 Å². The summed E-state index contributed by atoms with van der Waals surface area (Å²) >= 11 is 5.67. The normalized spacial score (nSPS) is 10.4. The van der Waals surface area contributed by atoms with Crippen molar-refractivity contribution in [2.75, 3.05) is 32.7 Å². The molecule has 0 radical (unpaired) electrons. The van der Waals surface area contributed by atoms with Crippen LogP contribution in [0.1, 0.15) is 15.9 Å². The first-order valence-electron chi connectivity index (χ1n) is 5.74. The number of benzene rings is 1. The molecular weight excluding hydrogens is 254 g/mol. The van der Waals surface area contributed by atoms with Crippen LogP contribution in [0.2, 0.25) is 0 Å². The number of phenols is 1. The number of halogens is 1. The van der Waals surface area contributed by atoms with Crippen LogP contribution in [0.3, 0.4) is 0 Å². The second-order valence-electron chi connectivity index (χ2n) is 3.99. The van der Waals surface area contributed by atoms with E-state index in [2.05, 4.69) is 0 Å². The average molecular weight is 272 g/mol. The van der Waals surface area contributed by atoms with Crippen molar-refractivity contribution < 1.29 is 14.6 Å². The van der Waals surface area contributed by atoms with Gasteiger partial charge in [0.05, 0.1) is 12.2 Å². The van der Waals surface area contributed by atoms with Crippen LogP contribution in [-0.2, 0) is 4.74 Å². The molecule has 0 fully saturated rings. The van der Waals surface area contributed by atoms with Crippen LogP contribution in [-0.4, -0.2) is 48.6 Å². The molecule has 0 atom stereocenters. The molecule has 1 aromatic carbocycles. The Labute approximate surface area is 112 Å². The number of carbonyl (C=O) groups excluding carboxylic acids is 1. The molecule has 0 aromatic heterocycles. The zero-order chi connectivity index (χ0) is 13.5. The number of amides is 1. The molecule has 0 saturated carbocycles. The molecule has 0 aliphatic carbocycles. The zero-order valence-corrected chi connectivity index (χ0v) is 11.4. The van der Waals surface area contributed by atoms with Gasteiger partial charge in [0.2, 0.25) is 0 Å². The summed E-state index contributed by atoms with van der Waals surface area (Å²) in [5, 5.41) is 9.79. The molecule has 1 rings (SSSR count). The Bertz CT molecular complexity index is 409. The van der Waals surface area contributed by atoms with E-state index in [4.69, 9.17) is 16.3 Å². The molecule has 0 aliphatic heterocycles. The number of methoxy groups -OCH3 is 1. The van der Waals surface area contributed by atoms with Crippen molar-refractivity contribution in [3.63, 3.8) is 0 Å². The van der Waals surface area contributed by atoms with Gasteiger partial charge in [-0.2, -0.15) is 0 Å². The summed E-state index contributed by atoms with van der Waals surface area (Å²) in [7, 11) is 1.58. The number of carbonyl (C=O) groups is 1. The summed E-state index contributed by atoms with van der Waals surface area (Å²) in [4.78, 5) is 13.8. The predicted octanol–water partition coefficient (Wildman–Crippen LogP) is 2.03. The summed E-state index contributed by atoms with van der Waals surface area (Å²) in [5.41, 5.74) is 1.20. The van der Waals surface area contributed by atoms with Crippen molar-refractivity contribution in [1.29, 1.82) is 0 Å². The number of alkyl halides is 1. The second-order valence-corrected chi connectivity index (χ2v) is 4.37. The first-order chi connectivity index (χ1) is 8.60. The molecule has 5 heteroatoms. The molecule has 1 amide bonds. The number of hydrogen-bond donors (Lipinski definition) is 1. The molecule has 0 heterocycles. The Balaban J connectivity index is 2.87. The van der Waals surface area contributed by atoms with Crippen LogP contribution in [0.4, 0.5) is 0 Å². The molecule has 0 spiro atoms. The number of aromatic hydroxyl groups is 1. The van der Waals surface area contributed by atoms with Gasteiger partial charge in [0.1, 0.15) is 5.75 Å². The number of phenolic OH excluding ortho intramolecular Hbond substituents is 1. The third-order valence-electron chi connectivity index (χ3n) is 2.59. The number of aryl methyl sites for hydroxylation is 1. The molecule has 0 aliphatic rings. The molecule has 100 valence electrons. The van der Waals surface area contributed by atoms with E-state index >= 15 is 0 Å². The van der Waals surface area contributed by atoms with Gasteiger partial charge < -0.3 is 14.7 Å². The number of nitrogens with zero attached hydrogens (tertiary/aromatic N) is 1. The maximum Gasteiger partial charge on any atom is 0.257 e. The van der Waals surface area contributed by atoms with Gasteiger partial charge in [0, 0.05) is 26.1 Å². The third kappa shape index (κ3) is 3.89. The lowest BCUT2D eigenvalue weighted by molar-refractivity contribution is 0.0705. The first kappa shape index (κ1) is 14.8. The fourth-order valence-electron chi connectivity index (χ4n) is 1.61. The molecule has 18 heavy (non-hydrogen) atoms. The SMILES string of the molecule is COCCN(CCCl)C(=O)c1ccc(C)cc1O. The van der Waals surface area contributed by atoms with E-state index in [-0.39, 0.29) is 11.7 Å². The Kier molecular flexibility index (Phi) is 5.95. The number of ether oxygens (including phenoxy) is 1. The van der Waals surface area contributed by atoms with Crippen molar-refractivity contribution in [3.8, 4) is 5.75 Å². The Morgan fingerprint density at radius 1 is 1.44 bits per heavy atom. The van der Waals surface area contributed by atoms with Crippen molar-refractivity contribution in [1.82, 2.24) is 4.90 Å². The lowest BCUT2D eigenvalue weighted by Crippen LogP contribution is -2.35. The molecule has 4 nitrogen and oxygen atoms in total. The molecule has 1 N–H and O–H groups in total. The van der Waals surface area contributed by atoms with Crippen molar-refractivity contribution in [2.45, 2.75) is 6.92 Å². The Morgan fingerprint density at radius 3 is 2.72 bits per heavy atom. The van der Waals surface area contributed by atoms with Gasteiger partial charge in [-0.3, -0.25) is 4.79 Å². The highest BCUT2D eigenvalue weighted by atomic mass is 35.5. The van der Waals surface area contributed by atoms with Gasteiger partial charge >= 0.3 is 0 Å². The van der Waals surface area contributed by atoms with Crippen LogP contribution >= 0.6 is 11.6 Å². The lowest BCUT2D eigenvalue weighted by Gasteiger charge is -2.21. The minimum atomic E-state index is -0.231. The van der Waals surface area contributed by atoms with Crippen LogP contribution in [0.5, 0.6) is 5.75 Å². The van der Waals surface area contributed by atoms with Gasteiger partial charge in [0.25, 0.3) is 5.91 Å². The number of rotatable bonds is 6. The van der Waals surface area contributed by atoms with Gasteiger partial charge in [-0.25, -0.2) is 0 Å². The van der Waals surface area contributed by atoms with Crippen LogP contribution in [0.25, 0.3) is 0 Å². The van der Waals surface area contributed by atoms with E-state index < -0.39 is 0 Å². The van der Waals surface area contributed by atoms with Gasteiger partial charge in [-0.1, -0.05) is 6.07 Å². The zero-order valence-electron chi connectivity index (χ0n) is 10.6. The highest BCUT2D eigenvalue weighted by Gasteiger charge is 2.18. The number of hydrogen-bond acceptors (Lipinski definition) is 3. The van der Waals surface area contributed by atoms with Gasteiger partial charge in [-0.15, -0.1) is 11.6 Å². The third-order valence-corrected chi connectivity index (χ3v) is 2.76. The predicted molar refractivity (Wildman–Crippen MR) is 71.3 cm³/mol. The topological polar surface area (TPSA) is 49.8 Å². The molecule has 0 unspecified atom stereocenters. The minimum Gasteiger partial charge on any atom is -0.507 e. The van der Waals surface area contributed by atoms with Crippen LogP contribution in [0, 0.1) is 6.92 Å². The Hall–Kier alpha value is -1.26. The summed E-state index contributed by atoms with van der Waals surface area (Å²) in [6, 6.07) is 4.99. The molecule has 1 aromatic rings. The fourth-order valence-corrected chi connectivity index (χ4v) is 1.82. The maximum absolute atomic E-state index is 12.2. The standard InChI is InChI=1S/C13H18ClNO3/c1-10-3-4-11(12(16)9-10)13(17)15(6-5-14)7-8-18-2/h3-4,9,16H,5-8H2,1-2H3. The van der Waals surface area contributed by atoms with E-state index in [9.17, 15) is 9.90 Å².